The number of halogens is 3. The third-order valence-electron chi connectivity index (χ3n) is 4.70. The molecule has 2 atom stereocenters. The number of carbonyl (C=O) groups excluding carboxylic acids is 2. The molecule has 2 saturated heterocycles. The zero-order valence-corrected chi connectivity index (χ0v) is 14.6. The summed E-state index contributed by atoms with van der Waals surface area (Å²) < 4.78 is 27.2. The number of hydrogen-bond acceptors (Lipinski definition) is 3. The van der Waals surface area contributed by atoms with E-state index in [1.165, 1.54) is 6.07 Å². The van der Waals surface area contributed by atoms with Crippen molar-refractivity contribution in [3.63, 3.8) is 0 Å². The quantitative estimate of drug-likeness (QED) is 0.845. The number of carbonyl (C=O) groups is 2. The molecule has 25 heavy (non-hydrogen) atoms. The summed E-state index contributed by atoms with van der Waals surface area (Å²) in [6, 6.07) is 2.81. The first-order valence-electron chi connectivity index (χ1n) is 8.32. The van der Waals surface area contributed by atoms with Crippen LogP contribution >= 0.6 is 12.4 Å². The van der Waals surface area contributed by atoms with Crippen molar-refractivity contribution in [3.05, 3.63) is 35.4 Å². The van der Waals surface area contributed by atoms with E-state index >= 15 is 0 Å². The molecular weight excluding hydrogens is 352 g/mol. The predicted octanol–water partition coefficient (Wildman–Crippen LogP) is 1.75. The lowest BCUT2D eigenvalue weighted by molar-refractivity contribution is -0.139. The molecule has 5 nitrogen and oxygen atoms in total. The molecule has 1 aromatic rings. The van der Waals surface area contributed by atoms with E-state index in [4.69, 9.17) is 0 Å². The average Bonchev–Trinajstić information content (AvgIpc) is 3.25. The monoisotopic (exact) mass is 373 g/mol. The highest BCUT2D eigenvalue weighted by molar-refractivity contribution is 5.90. The van der Waals surface area contributed by atoms with Gasteiger partial charge in [-0.25, -0.2) is 8.78 Å². The Labute approximate surface area is 151 Å². The summed E-state index contributed by atoms with van der Waals surface area (Å²) in [5.41, 5.74) is -0.167. The Balaban J connectivity index is 0.00000225. The first-order chi connectivity index (χ1) is 11.6. The Hall–Kier alpha value is -1.73. The fourth-order valence-electron chi connectivity index (χ4n) is 3.39. The second-order valence-electron chi connectivity index (χ2n) is 6.26. The zero-order valence-electron chi connectivity index (χ0n) is 13.8. The summed E-state index contributed by atoms with van der Waals surface area (Å²) in [7, 11) is 0. The number of rotatable bonds is 4. The molecule has 2 heterocycles. The largest absolute Gasteiger partial charge is 0.350 e. The van der Waals surface area contributed by atoms with E-state index in [1.54, 1.807) is 4.90 Å². The Morgan fingerprint density at radius 3 is 2.56 bits per heavy atom. The first kappa shape index (κ1) is 19.6. The molecule has 2 aliphatic heterocycles. The number of nitrogens with zero attached hydrogens (tertiary/aromatic N) is 1. The first-order valence-corrected chi connectivity index (χ1v) is 8.32. The van der Waals surface area contributed by atoms with Gasteiger partial charge in [0.15, 0.2) is 0 Å². The van der Waals surface area contributed by atoms with Gasteiger partial charge in [0.2, 0.25) is 11.8 Å². The van der Waals surface area contributed by atoms with Gasteiger partial charge in [-0.3, -0.25) is 9.59 Å². The summed E-state index contributed by atoms with van der Waals surface area (Å²) in [4.78, 5) is 26.5. The van der Waals surface area contributed by atoms with Crippen LogP contribution in [0.2, 0.25) is 0 Å². The third kappa shape index (κ3) is 4.27. The minimum Gasteiger partial charge on any atom is -0.350 e. The van der Waals surface area contributed by atoms with E-state index in [2.05, 4.69) is 10.6 Å². The molecule has 8 heteroatoms. The number of hydrogen-bond donors (Lipinski definition) is 2. The lowest BCUT2D eigenvalue weighted by atomic mass is 10.1. The van der Waals surface area contributed by atoms with Crippen LogP contribution in [0.25, 0.3) is 0 Å². The van der Waals surface area contributed by atoms with E-state index in [1.807, 2.05) is 0 Å². The number of likely N-dealkylation sites (tertiary alicyclic amines) is 1. The molecule has 138 valence electrons. The smallest absolute Gasteiger partial charge is 0.243 e. The standard InChI is InChI=1S/C17H21F2N3O2.ClH/c18-12-4-1-5-13(19)11(12)10-21-16(23)15-7-3-9-22(15)17(24)14-6-2-8-20-14;/h1,4-5,14-15,20H,2-3,6-10H2,(H,21,23);1H/t14-,15?;/m0./s1. The molecule has 2 aliphatic rings. The fourth-order valence-corrected chi connectivity index (χ4v) is 3.39. The highest BCUT2D eigenvalue weighted by atomic mass is 35.5. The van der Waals surface area contributed by atoms with Crippen molar-refractivity contribution < 1.29 is 18.4 Å². The maximum atomic E-state index is 13.6. The van der Waals surface area contributed by atoms with Gasteiger partial charge in [-0.1, -0.05) is 6.07 Å². The Bertz CT molecular complexity index is 618. The van der Waals surface area contributed by atoms with E-state index in [0.29, 0.717) is 13.0 Å². The van der Waals surface area contributed by atoms with E-state index in [-0.39, 0.29) is 42.4 Å². The minimum absolute atomic E-state index is 0. The van der Waals surface area contributed by atoms with Gasteiger partial charge >= 0.3 is 0 Å². The van der Waals surface area contributed by atoms with Crippen molar-refractivity contribution in [2.45, 2.75) is 44.3 Å². The summed E-state index contributed by atoms with van der Waals surface area (Å²) in [6.45, 7) is 1.13. The summed E-state index contributed by atoms with van der Waals surface area (Å²) >= 11 is 0. The molecule has 2 fully saturated rings. The average molecular weight is 374 g/mol. The van der Waals surface area contributed by atoms with Crippen LogP contribution in [0.1, 0.15) is 31.2 Å². The van der Waals surface area contributed by atoms with Crippen LogP contribution < -0.4 is 10.6 Å². The molecule has 2 amide bonds. The second kappa shape index (κ2) is 8.58. The molecule has 1 unspecified atom stereocenters. The van der Waals surface area contributed by atoms with Crippen molar-refractivity contribution in [2.75, 3.05) is 13.1 Å². The van der Waals surface area contributed by atoms with Gasteiger partial charge in [0.25, 0.3) is 0 Å². The maximum absolute atomic E-state index is 13.6. The van der Waals surface area contributed by atoms with Crippen LogP contribution in [0.5, 0.6) is 0 Å². The molecular formula is C17H22ClF2N3O2. The van der Waals surface area contributed by atoms with Crippen molar-refractivity contribution in [1.82, 2.24) is 15.5 Å². The molecule has 0 bridgehead atoms. The minimum atomic E-state index is -0.690. The summed E-state index contributed by atoms with van der Waals surface area (Å²) in [5.74, 6) is -1.79. The molecule has 0 aromatic heterocycles. The van der Waals surface area contributed by atoms with Gasteiger partial charge in [-0.15, -0.1) is 12.4 Å². The summed E-state index contributed by atoms with van der Waals surface area (Å²) in [6.07, 6.45) is 3.06. The van der Waals surface area contributed by atoms with E-state index in [9.17, 15) is 18.4 Å². The predicted molar refractivity (Wildman–Crippen MR) is 91.2 cm³/mol. The van der Waals surface area contributed by atoms with Gasteiger partial charge in [0.1, 0.15) is 17.7 Å². The Morgan fingerprint density at radius 2 is 1.92 bits per heavy atom. The number of nitrogens with one attached hydrogen (secondary N) is 2. The van der Waals surface area contributed by atoms with Gasteiger partial charge < -0.3 is 15.5 Å². The van der Waals surface area contributed by atoms with Crippen LogP contribution in [0.4, 0.5) is 8.78 Å². The van der Waals surface area contributed by atoms with Crippen molar-refractivity contribution in [3.8, 4) is 0 Å². The normalized spacial score (nSPS) is 22.6. The van der Waals surface area contributed by atoms with Crippen LogP contribution in [0.15, 0.2) is 18.2 Å². The second-order valence-corrected chi connectivity index (χ2v) is 6.26. The SMILES string of the molecule is Cl.O=C(NCc1c(F)cccc1F)C1CCCN1C(=O)[C@@H]1CCCN1. The van der Waals surface area contributed by atoms with E-state index < -0.39 is 17.7 Å². The van der Waals surface area contributed by atoms with Crippen LogP contribution in [0, 0.1) is 11.6 Å². The molecule has 0 spiro atoms. The van der Waals surface area contributed by atoms with Gasteiger partial charge in [-0.05, 0) is 44.4 Å². The fraction of sp³-hybridized carbons (Fsp3) is 0.529. The topological polar surface area (TPSA) is 61.4 Å². The van der Waals surface area contributed by atoms with Crippen LogP contribution in [0.3, 0.4) is 0 Å². The van der Waals surface area contributed by atoms with Gasteiger partial charge in [0, 0.05) is 18.7 Å². The molecule has 2 N–H and O–H groups in total. The maximum Gasteiger partial charge on any atom is 0.243 e. The van der Waals surface area contributed by atoms with Crippen LogP contribution in [-0.4, -0.2) is 41.9 Å². The lowest BCUT2D eigenvalue weighted by Crippen LogP contribution is -2.51. The highest BCUT2D eigenvalue weighted by Crippen LogP contribution is 2.21. The highest BCUT2D eigenvalue weighted by Gasteiger charge is 2.37. The molecule has 0 saturated carbocycles. The van der Waals surface area contributed by atoms with Crippen molar-refractivity contribution in [2.24, 2.45) is 0 Å². The molecule has 0 radical (unpaired) electrons. The van der Waals surface area contributed by atoms with Crippen molar-refractivity contribution >= 4 is 24.2 Å². The molecule has 1 aromatic carbocycles. The van der Waals surface area contributed by atoms with Crippen LogP contribution in [-0.2, 0) is 16.1 Å². The number of benzene rings is 1. The van der Waals surface area contributed by atoms with Gasteiger partial charge in [0.05, 0.1) is 6.04 Å². The Kier molecular flexibility index (Phi) is 6.72. The van der Waals surface area contributed by atoms with Crippen molar-refractivity contribution in [1.29, 1.82) is 0 Å². The molecule has 0 aliphatic carbocycles. The number of amides is 2. The lowest BCUT2D eigenvalue weighted by Gasteiger charge is -2.26. The third-order valence-corrected chi connectivity index (χ3v) is 4.70. The summed E-state index contributed by atoms with van der Waals surface area (Å²) in [5, 5.41) is 5.71. The van der Waals surface area contributed by atoms with E-state index in [0.717, 1.165) is 37.9 Å². The zero-order chi connectivity index (χ0) is 17.1. The Morgan fingerprint density at radius 1 is 1.20 bits per heavy atom. The molecule has 3 rings (SSSR count). The van der Waals surface area contributed by atoms with Gasteiger partial charge in [-0.2, -0.15) is 0 Å².